The molecule has 6 amide bonds. The molecule has 0 radical (unpaired) electrons. The van der Waals surface area contributed by atoms with E-state index in [2.05, 4.69) is 38.4 Å². The molecule has 1 aliphatic heterocycles. The van der Waals surface area contributed by atoms with Gasteiger partial charge < -0.3 is 45.9 Å². The number of carbonyl (C=O) groups is 8. The summed E-state index contributed by atoms with van der Waals surface area (Å²) in [7, 11) is -4.87. The number of nitrogens with two attached hydrogens (primary N) is 1. The molecule has 0 spiro atoms. The Kier molecular flexibility index (Phi) is 25.6. The summed E-state index contributed by atoms with van der Waals surface area (Å²) in [6, 6.07) is 4.05. The van der Waals surface area contributed by atoms with Gasteiger partial charge in [-0.05, 0) is 105 Å². The number of likely N-dealkylation sites (tertiary alicyclic amines) is 1. The molecular weight excluding hydrogens is 992 g/mol. The Labute approximate surface area is 442 Å². The SMILES string of the molecule is CC(=O)N1CCC[C@H]1C(=O)N[C@@H](CC(C)C)C(=O)N[C@@H](Cc1cncn1CCCCCCCCc1ccccc1)C(=O)N[C@@H](C)C(=O)N[C@H](C(N)=O)[C@@H](C)OP(=O)(OCOC(=O)C(C)(C)C)OCOC(=O)C(C)(C)C. The Balaban J connectivity index is 1.80. The van der Waals surface area contributed by atoms with Crippen LogP contribution in [0.3, 0.4) is 0 Å². The first kappa shape index (κ1) is 63.6. The standard InChI is InChI=1S/C52H83N8O14P/c1-34(2)28-40(57-48(66)42-25-21-27-60(42)37(5)61)47(65)56-41(29-39-30-54-31-59(39)26-20-15-13-12-14-17-22-38-23-18-16-19-24-38)46(64)55-35(3)45(63)58-43(44(53)62)36(4)74-75(69,72-32-70-49(67)51(6,7)8)73-33-71-50(68)52(9,10)11/h16,18-19,23-24,30-31,34-36,40-43H,12-15,17,20-22,25-29,32-33H2,1-11H3,(H2,53,62)(H,55,64)(H,56,65)(H,57,66)(H,58,63)/t35-,36+,40-,41-,42-,43-/m0/s1. The zero-order valence-electron chi connectivity index (χ0n) is 45.8. The van der Waals surface area contributed by atoms with Gasteiger partial charge in [0, 0.05) is 38.3 Å². The molecule has 6 N–H and O–H groups in total. The van der Waals surface area contributed by atoms with Gasteiger partial charge in [-0.2, -0.15) is 0 Å². The molecule has 2 heterocycles. The van der Waals surface area contributed by atoms with Crippen LogP contribution in [0.25, 0.3) is 0 Å². The summed E-state index contributed by atoms with van der Waals surface area (Å²) in [5.74, 6) is -5.89. The fraction of sp³-hybridized carbons (Fsp3) is 0.673. The molecule has 23 heteroatoms. The largest absolute Gasteiger partial charge is 0.481 e. The molecule has 1 fully saturated rings. The quantitative estimate of drug-likeness (QED) is 0.0282. The lowest BCUT2D eigenvalue weighted by Gasteiger charge is -2.29. The summed E-state index contributed by atoms with van der Waals surface area (Å²) >= 11 is 0. The number of ether oxygens (including phenoxy) is 2. The molecule has 1 aromatic heterocycles. The molecule has 0 saturated carbocycles. The number of amides is 6. The van der Waals surface area contributed by atoms with Crippen molar-refractivity contribution in [2.75, 3.05) is 20.1 Å². The average molecular weight is 1080 g/mol. The second-order valence-corrected chi connectivity index (χ2v) is 23.1. The van der Waals surface area contributed by atoms with Crippen molar-refractivity contribution in [3.63, 3.8) is 0 Å². The Bertz CT molecular complexity index is 2230. The monoisotopic (exact) mass is 1070 g/mol. The first-order valence-electron chi connectivity index (χ1n) is 25.8. The molecule has 2 aromatic rings. The van der Waals surface area contributed by atoms with Crippen LogP contribution < -0.4 is 27.0 Å². The number of carbonyl (C=O) groups excluding carboxylic acids is 8. The maximum Gasteiger partial charge on any atom is 0.481 e. The van der Waals surface area contributed by atoms with Crippen molar-refractivity contribution in [2.45, 2.75) is 190 Å². The third kappa shape index (κ3) is 22.2. The van der Waals surface area contributed by atoms with Crippen LogP contribution in [0.2, 0.25) is 0 Å². The number of unbranched alkanes of at least 4 members (excludes halogenated alkanes) is 5. The van der Waals surface area contributed by atoms with E-state index in [0.29, 0.717) is 31.6 Å². The number of esters is 2. The van der Waals surface area contributed by atoms with E-state index in [1.807, 2.05) is 36.6 Å². The predicted octanol–water partition coefficient (Wildman–Crippen LogP) is 5.15. The Morgan fingerprint density at radius 1 is 0.760 bits per heavy atom. The first-order chi connectivity index (χ1) is 35.1. The number of nitrogens with zero attached hydrogens (tertiary/aromatic N) is 3. The fourth-order valence-electron chi connectivity index (χ4n) is 7.92. The van der Waals surface area contributed by atoms with E-state index < -0.39 is 110 Å². The number of rotatable bonds is 31. The van der Waals surface area contributed by atoms with Gasteiger partial charge in [-0.1, -0.05) is 69.9 Å². The Hall–Kier alpha value is -5.70. The molecule has 22 nitrogen and oxygen atoms in total. The number of primary amides is 1. The lowest BCUT2D eigenvalue weighted by molar-refractivity contribution is -0.164. The van der Waals surface area contributed by atoms with Gasteiger partial charge in [-0.15, -0.1) is 0 Å². The van der Waals surface area contributed by atoms with Gasteiger partial charge in [-0.3, -0.25) is 42.9 Å². The molecule has 75 heavy (non-hydrogen) atoms. The lowest BCUT2D eigenvalue weighted by atomic mass is 9.98. The number of nitrogens with one attached hydrogen (secondary N) is 4. The number of benzene rings is 1. The highest BCUT2D eigenvalue weighted by Crippen LogP contribution is 2.51. The van der Waals surface area contributed by atoms with E-state index in [1.54, 1.807) is 54.1 Å². The third-order valence-electron chi connectivity index (χ3n) is 12.2. The van der Waals surface area contributed by atoms with Crippen molar-refractivity contribution >= 4 is 55.2 Å². The maximum absolute atomic E-state index is 14.3. The zero-order valence-corrected chi connectivity index (χ0v) is 46.7. The molecule has 1 aromatic carbocycles. The highest BCUT2D eigenvalue weighted by Gasteiger charge is 2.39. The number of phosphoric ester groups is 1. The summed E-state index contributed by atoms with van der Waals surface area (Å²) in [4.78, 5) is 112. The second-order valence-electron chi connectivity index (χ2n) is 21.5. The van der Waals surface area contributed by atoms with Crippen molar-refractivity contribution in [3.05, 3.63) is 54.1 Å². The van der Waals surface area contributed by atoms with Crippen LogP contribution in [-0.2, 0) is 85.4 Å². The van der Waals surface area contributed by atoms with Gasteiger partial charge in [0.2, 0.25) is 49.0 Å². The summed E-state index contributed by atoms with van der Waals surface area (Å²) in [5, 5.41) is 10.6. The van der Waals surface area contributed by atoms with Crippen LogP contribution in [0.5, 0.6) is 0 Å². The van der Waals surface area contributed by atoms with Gasteiger partial charge in [0.05, 0.1) is 23.3 Å². The molecule has 6 atom stereocenters. The number of aryl methyl sites for hydroxylation is 2. The van der Waals surface area contributed by atoms with Crippen LogP contribution >= 0.6 is 7.82 Å². The number of phosphoric acid groups is 1. The maximum atomic E-state index is 14.3. The van der Waals surface area contributed by atoms with Crippen molar-refractivity contribution in [2.24, 2.45) is 22.5 Å². The molecule has 420 valence electrons. The number of hydrogen-bond acceptors (Lipinski definition) is 15. The fourth-order valence-corrected chi connectivity index (χ4v) is 9.01. The van der Waals surface area contributed by atoms with Crippen LogP contribution in [0.1, 0.15) is 145 Å². The number of imidazole rings is 1. The Morgan fingerprint density at radius 2 is 1.33 bits per heavy atom. The second kappa shape index (κ2) is 30.1. The average Bonchev–Trinajstić information content (AvgIpc) is 4.01. The number of aromatic nitrogens is 2. The first-order valence-corrected chi connectivity index (χ1v) is 27.3. The van der Waals surface area contributed by atoms with Crippen molar-refractivity contribution < 1.29 is 66.0 Å². The number of hydrogen-bond donors (Lipinski definition) is 5. The van der Waals surface area contributed by atoms with Gasteiger partial charge in [0.1, 0.15) is 30.2 Å². The summed E-state index contributed by atoms with van der Waals surface area (Å²) < 4.78 is 41.8. The normalized spacial score (nSPS) is 16.0. The van der Waals surface area contributed by atoms with Crippen LogP contribution in [-0.4, -0.2) is 118 Å². The van der Waals surface area contributed by atoms with E-state index in [0.717, 1.165) is 44.9 Å². The minimum atomic E-state index is -4.87. The van der Waals surface area contributed by atoms with Crippen LogP contribution in [0.15, 0.2) is 42.9 Å². The Morgan fingerprint density at radius 3 is 1.89 bits per heavy atom. The third-order valence-corrected chi connectivity index (χ3v) is 13.7. The van der Waals surface area contributed by atoms with E-state index in [-0.39, 0.29) is 24.7 Å². The molecule has 1 saturated heterocycles. The molecular formula is C52H83N8O14P. The molecule has 0 unspecified atom stereocenters. The van der Waals surface area contributed by atoms with Crippen LogP contribution in [0, 0.1) is 16.7 Å². The highest BCUT2D eigenvalue weighted by atomic mass is 31.2. The summed E-state index contributed by atoms with van der Waals surface area (Å²) in [5.41, 5.74) is 5.67. The van der Waals surface area contributed by atoms with Gasteiger partial charge in [0.25, 0.3) is 0 Å². The zero-order chi connectivity index (χ0) is 56.1. The van der Waals surface area contributed by atoms with Gasteiger partial charge in [0.15, 0.2) is 0 Å². The minimum absolute atomic E-state index is 0.0747. The van der Waals surface area contributed by atoms with Crippen LogP contribution in [0.4, 0.5) is 0 Å². The lowest BCUT2D eigenvalue weighted by Crippen LogP contribution is -2.59. The smallest absolute Gasteiger partial charge is 0.437 e. The van der Waals surface area contributed by atoms with E-state index >= 15 is 0 Å². The highest BCUT2D eigenvalue weighted by molar-refractivity contribution is 7.48. The molecule has 0 bridgehead atoms. The van der Waals surface area contributed by atoms with Gasteiger partial charge in [-0.25, -0.2) is 18.6 Å². The van der Waals surface area contributed by atoms with Crippen molar-refractivity contribution in [3.8, 4) is 0 Å². The van der Waals surface area contributed by atoms with E-state index in [4.69, 9.17) is 28.8 Å². The topological polar surface area (TPSA) is 295 Å². The summed E-state index contributed by atoms with van der Waals surface area (Å²) in [6.07, 6.45) is 10.0. The van der Waals surface area contributed by atoms with Crippen molar-refractivity contribution in [1.82, 2.24) is 35.7 Å². The predicted molar refractivity (Wildman–Crippen MR) is 277 cm³/mol. The van der Waals surface area contributed by atoms with E-state index in [1.165, 1.54) is 31.2 Å². The molecule has 1 aliphatic rings. The molecule has 3 rings (SSSR count). The van der Waals surface area contributed by atoms with Gasteiger partial charge >= 0.3 is 19.8 Å². The minimum Gasteiger partial charge on any atom is -0.437 e. The molecule has 0 aliphatic carbocycles. The van der Waals surface area contributed by atoms with Crippen molar-refractivity contribution in [1.29, 1.82) is 0 Å². The van der Waals surface area contributed by atoms with E-state index in [9.17, 15) is 42.9 Å². The summed E-state index contributed by atoms with van der Waals surface area (Å²) in [6.45, 7) is 16.2.